The number of amides is 1. The number of benzene rings is 4. The molecule has 0 fully saturated rings. The van der Waals surface area contributed by atoms with Gasteiger partial charge in [0.15, 0.2) is 0 Å². The van der Waals surface area contributed by atoms with Crippen LogP contribution in [0.1, 0.15) is 35.3 Å². The van der Waals surface area contributed by atoms with Crippen LogP contribution in [0.3, 0.4) is 0 Å². The fourth-order valence-electron chi connectivity index (χ4n) is 4.12. The van der Waals surface area contributed by atoms with E-state index in [9.17, 15) is 4.79 Å². The van der Waals surface area contributed by atoms with Gasteiger partial charge in [-0.05, 0) is 76.4 Å². The Morgan fingerprint density at radius 2 is 1.61 bits per heavy atom. The predicted molar refractivity (Wildman–Crippen MR) is 139 cm³/mol. The lowest BCUT2D eigenvalue weighted by Crippen LogP contribution is -2.23. The Labute approximate surface area is 201 Å². The molecule has 4 aromatic rings. The van der Waals surface area contributed by atoms with Gasteiger partial charge in [-0.2, -0.15) is 0 Å². The fraction of sp³-hybridized carbons (Fsp3) is 0.207. The number of carbonyl (C=O) groups is 1. The second-order valence-corrected chi connectivity index (χ2v) is 8.64. The van der Waals surface area contributed by atoms with Crippen molar-refractivity contribution in [2.45, 2.75) is 26.9 Å². The van der Waals surface area contributed by atoms with E-state index in [-0.39, 0.29) is 5.91 Å². The molecular formula is C29H29ClN2O. The van der Waals surface area contributed by atoms with E-state index in [1.807, 2.05) is 48.5 Å². The summed E-state index contributed by atoms with van der Waals surface area (Å²) in [6.07, 6.45) is 0. The maximum Gasteiger partial charge on any atom is 0.251 e. The van der Waals surface area contributed by atoms with Gasteiger partial charge in [-0.15, -0.1) is 0 Å². The van der Waals surface area contributed by atoms with E-state index in [1.165, 1.54) is 16.3 Å². The van der Waals surface area contributed by atoms with Crippen LogP contribution in [0.5, 0.6) is 0 Å². The van der Waals surface area contributed by atoms with Crippen molar-refractivity contribution in [1.82, 2.24) is 10.2 Å². The quantitative estimate of drug-likeness (QED) is 0.311. The van der Waals surface area contributed by atoms with E-state index >= 15 is 0 Å². The van der Waals surface area contributed by atoms with Crippen molar-refractivity contribution < 1.29 is 4.79 Å². The molecule has 3 nitrogen and oxygen atoms in total. The molecule has 0 radical (unpaired) electrons. The molecule has 0 spiro atoms. The number of nitrogens with one attached hydrogen (secondary N) is 1. The van der Waals surface area contributed by atoms with Crippen LogP contribution in [0.15, 0.2) is 84.9 Å². The minimum Gasteiger partial charge on any atom is -0.348 e. The number of hydrogen-bond acceptors (Lipinski definition) is 2. The molecule has 0 bridgehead atoms. The first-order valence-electron chi connectivity index (χ1n) is 11.4. The molecule has 0 aliphatic carbocycles. The molecule has 4 heteroatoms. The smallest absolute Gasteiger partial charge is 0.251 e. The standard InChI is InChI=1S/C29H29ClN2O/c1-3-32(4-2)20-21-11-16-28-25(17-21)8-5-9-26(28)19-31-29(33)23-14-12-22(13-15-23)24-7-6-10-27(30)18-24/h5-18H,3-4,19-20H2,1-2H3,(H,31,33). The van der Waals surface area contributed by atoms with E-state index in [2.05, 4.69) is 60.5 Å². The van der Waals surface area contributed by atoms with Crippen molar-refractivity contribution in [2.24, 2.45) is 0 Å². The molecule has 168 valence electrons. The van der Waals surface area contributed by atoms with Gasteiger partial charge < -0.3 is 5.32 Å². The summed E-state index contributed by atoms with van der Waals surface area (Å²) in [5.74, 6) is -0.0807. The van der Waals surface area contributed by atoms with Crippen molar-refractivity contribution in [3.63, 3.8) is 0 Å². The highest BCUT2D eigenvalue weighted by atomic mass is 35.5. The summed E-state index contributed by atoms with van der Waals surface area (Å²) in [5.41, 5.74) is 5.13. The third kappa shape index (κ3) is 5.62. The first-order valence-corrected chi connectivity index (χ1v) is 11.8. The molecule has 33 heavy (non-hydrogen) atoms. The molecule has 4 aromatic carbocycles. The summed E-state index contributed by atoms with van der Waals surface area (Å²) in [5, 5.41) is 6.16. The normalized spacial score (nSPS) is 11.2. The van der Waals surface area contributed by atoms with Crippen LogP contribution in [0.4, 0.5) is 0 Å². The van der Waals surface area contributed by atoms with Crippen LogP contribution in [-0.2, 0) is 13.1 Å². The summed E-state index contributed by atoms with van der Waals surface area (Å²) < 4.78 is 0. The lowest BCUT2D eigenvalue weighted by atomic mass is 10.0. The molecule has 0 saturated carbocycles. The van der Waals surface area contributed by atoms with Crippen LogP contribution < -0.4 is 5.32 Å². The van der Waals surface area contributed by atoms with Gasteiger partial charge in [0, 0.05) is 23.7 Å². The van der Waals surface area contributed by atoms with Crippen molar-refractivity contribution in [2.75, 3.05) is 13.1 Å². The second-order valence-electron chi connectivity index (χ2n) is 8.20. The number of nitrogens with zero attached hydrogens (tertiary/aromatic N) is 1. The Morgan fingerprint density at radius 3 is 2.33 bits per heavy atom. The fourth-order valence-corrected chi connectivity index (χ4v) is 4.31. The summed E-state index contributed by atoms with van der Waals surface area (Å²) in [6, 6.07) is 28.2. The second kappa shape index (κ2) is 10.7. The molecule has 1 N–H and O–H groups in total. The van der Waals surface area contributed by atoms with Gasteiger partial charge in [-0.25, -0.2) is 0 Å². The molecule has 0 atom stereocenters. The van der Waals surface area contributed by atoms with Gasteiger partial charge in [0.2, 0.25) is 0 Å². The number of rotatable bonds is 8. The zero-order valence-electron chi connectivity index (χ0n) is 19.1. The minimum atomic E-state index is -0.0807. The molecule has 0 aromatic heterocycles. The predicted octanol–water partition coefficient (Wildman–Crippen LogP) is 6.93. The average Bonchev–Trinajstić information content (AvgIpc) is 2.85. The Bertz CT molecular complexity index is 1250. The van der Waals surface area contributed by atoms with Crippen molar-refractivity contribution in [1.29, 1.82) is 0 Å². The Hall–Kier alpha value is -3.14. The number of halogens is 1. The van der Waals surface area contributed by atoms with Crippen molar-refractivity contribution in [3.8, 4) is 11.1 Å². The summed E-state index contributed by atoms with van der Waals surface area (Å²) in [4.78, 5) is 15.2. The van der Waals surface area contributed by atoms with E-state index in [4.69, 9.17) is 11.6 Å². The van der Waals surface area contributed by atoms with E-state index in [0.29, 0.717) is 17.1 Å². The molecule has 0 heterocycles. The van der Waals surface area contributed by atoms with Crippen molar-refractivity contribution in [3.05, 3.63) is 107 Å². The highest BCUT2D eigenvalue weighted by Crippen LogP contribution is 2.24. The number of carbonyl (C=O) groups excluding carboxylic acids is 1. The van der Waals surface area contributed by atoms with Crippen LogP contribution in [-0.4, -0.2) is 23.9 Å². The van der Waals surface area contributed by atoms with Gasteiger partial charge in [-0.3, -0.25) is 9.69 Å². The highest BCUT2D eigenvalue weighted by Gasteiger charge is 2.09. The summed E-state index contributed by atoms with van der Waals surface area (Å²) in [7, 11) is 0. The van der Waals surface area contributed by atoms with Gasteiger partial charge >= 0.3 is 0 Å². The minimum absolute atomic E-state index is 0.0807. The third-order valence-corrected chi connectivity index (χ3v) is 6.32. The lowest BCUT2D eigenvalue weighted by Gasteiger charge is -2.18. The van der Waals surface area contributed by atoms with Gasteiger partial charge in [-0.1, -0.05) is 80.0 Å². The maximum absolute atomic E-state index is 12.8. The highest BCUT2D eigenvalue weighted by molar-refractivity contribution is 6.30. The molecule has 1 amide bonds. The molecule has 0 saturated heterocycles. The lowest BCUT2D eigenvalue weighted by molar-refractivity contribution is 0.0951. The van der Waals surface area contributed by atoms with Crippen LogP contribution >= 0.6 is 11.6 Å². The summed E-state index contributed by atoms with van der Waals surface area (Å²) >= 11 is 6.10. The largest absolute Gasteiger partial charge is 0.348 e. The van der Waals surface area contributed by atoms with Crippen molar-refractivity contribution >= 4 is 28.3 Å². The first-order chi connectivity index (χ1) is 16.1. The van der Waals surface area contributed by atoms with Gasteiger partial charge in [0.05, 0.1) is 0 Å². The van der Waals surface area contributed by atoms with Gasteiger partial charge in [0.1, 0.15) is 0 Å². The van der Waals surface area contributed by atoms with Gasteiger partial charge in [0.25, 0.3) is 5.91 Å². The van der Waals surface area contributed by atoms with Crippen LogP contribution in [0, 0.1) is 0 Å². The Kier molecular flexibility index (Phi) is 7.43. The van der Waals surface area contributed by atoms with Crippen LogP contribution in [0.2, 0.25) is 5.02 Å². The van der Waals surface area contributed by atoms with Crippen LogP contribution in [0.25, 0.3) is 21.9 Å². The monoisotopic (exact) mass is 456 g/mol. The first kappa shape index (κ1) is 23.0. The van der Waals surface area contributed by atoms with E-state index < -0.39 is 0 Å². The Morgan fingerprint density at radius 1 is 0.848 bits per heavy atom. The Balaban J connectivity index is 1.45. The van der Waals surface area contributed by atoms with E-state index in [1.54, 1.807) is 0 Å². The maximum atomic E-state index is 12.8. The zero-order chi connectivity index (χ0) is 23.2. The molecule has 0 unspecified atom stereocenters. The summed E-state index contributed by atoms with van der Waals surface area (Å²) in [6.45, 7) is 7.91. The molecule has 0 aliphatic rings. The molecule has 4 rings (SSSR count). The topological polar surface area (TPSA) is 32.3 Å². The number of fused-ring (bicyclic) bond motifs is 1. The van der Waals surface area contributed by atoms with E-state index in [0.717, 1.165) is 36.3 Å². The number of hydrogen-bond donors (Lipinski definition) is 1. The molecular weight excluding hydrogens is 428 g/mol. The third-order valence-electron chi connectivity index (χ3n) is 6.08. The average molecular weight is 457 g/mol. The molecule has 0 aliphatic heterocycles. The zero-order valence-corrected chi connectivity index (χ0v) is 19.9. The SMILES string of the molecule is CCN(CC)Cc1ccc2c(CNC(=O)c3ccc(-c4cccc(Cl)c4)cc3)cccc2c1.